The number of hydrogen-bond acceptors (Lipinski definition) is 2. The van der Waals surface area contributed by atoms with Crippen molar-refractivity contribution in [1.82, 2.24) is 4.90 Å². The van der Waals surface area contributed by atoms with Gasteiger partial charge in [-0.1, -0.05) is 26.2 Å². The monoisotopic (exact) mass is 199 g/mol. The molecule has 14 heavy (non-hydrogen) atoms. The van der Waals surface area contributed by atoms with Gasteiger partial charge in [0.25, 0.3) is 0 Å². The normalized spacial score (nSPS) is 25.5. The van der Waals surface area contributed by atoms with Crippen LogP contribution in [-0.2, 0) is 0 Å². The van der Waals surface area contributed by atoms with E-state index < -0.39 is 0 Å². The fourth-order valence-electron chi connectivity index (χ4n) is 2.22. The highest BCUT2D eigenvalue weighted by Gasteiger charge is 2.25. The average Bonchev–Trinajstić information content (AvgIpc) is 2.61. The Bertz CT molecular complexity index is 147. The quantitative estimate of drug-likeness (QED) is 0.663. The van der Waals surface area contributed by atoms with Gasteiger partial charge in [0.2, 0.25) is 0 Å². The van der Waals surface area contributed by atoms with E-state index in [1.54, 1.807) is 0 Å². The molecule has 0 aromatic heterocycles. The van der Waals surface area contributed by atoms with Gasteiger partial charge in [0.1, 0.15) is 0 Å². The number of rotatable bonds is 6. The molecule has 1 saturated heterocycles. The molecule has 2 heteroatoms. The predicted molar refractivity (Wildman–Crippen MR) is 60.4 cm³/mol. The standard InChI is InChI=1S/C12H25NO/c1-3-4-5-6-8-13-9-7-12(10-13)11(2)14/h11-12,14H,3-10H2,1-2H3. The molecule has 2 atom stereocenters. The van der Waals surface area contributed by atoms with Crippen molar-refractivity contribution in [3.05, 3.63) is 0 Å². The van der Waals surface area contributed by atoms with E-state index in [-0.39, 0.29) is 6.10 Å². The zero-order valence-electron chi connectivity index (χ0n) is 9.71. The summed E-state index contributed by atoms with van der Waals surface area (Å²) in [6.07, 6.45) is 6.46. The van der Waals surface area contributed by atoms with Crippen LogP contribution in [0.1, 0.15) is 46.0 Å². The Morgan fingerprint density at radius 2 is 2.14 bits per heavy atom. The lowest BCUT2D eigenvalue weighted by atomic mass is 10.0. The Morgan fingerprint density at radius 3 is 2.71 bits per heavy atom. The van der Waals surface area contributed by atoms with Crippen molar-refractivity contribution in [2.45, 2.75) is 52.1 Å². The third-order valence-corrected chi connectivity index (χ3v) is 3.32. The second-order valence-corrected chi connectivity index (χ2v) is 4.65. The predicted octanol–water partition coefficient (Wildman–Crippen LogP) is 2.27. The smallest absolute Gasteiger partial charge is 0.0552 e. The van der Waals surface area contributed by atoms with Crippen LogP contribution in [0.25, 0.3) is 0 Å². The number of unbranched alkanes of at least 4 members (excludes halogenated alkanes) is 3. The van der Waals surface area contributed by atoms with Crippen molar-refractivity contribution in [3.63, 3.8) is 0 Å². The van der Waals surface area contributed by atoms with Crippen LogP contribution in [0.4, 0.5) is 0 Å². The van der Waals surface area contributed by atoms with E-state index in [1.807, 2.05) is 6.92 Å². The molecule has 1 heterocycles. The molecule has 1 N–H and O–H groups in total. The van der Waals surface area contributed by atoms with E-state index in [2.05, 4.69) is 11.8 Å². The lowest BCUT2D eigenvalue weighted by Gasteiger charge is -2.16. The molecule has 0 aliphatic carbocycles. The Morgan fingerprint density at radius 1 is 1.36 bits per heavy atom. The van der Waals surface area contributed by atoms with Crippen molar-refractivity contribution >= 4 is 0 Å². The third-order valence-electron chi connectivity index (χ3n) is 3.32. The second kappa shape index (κ2) is 6.41. The molecule has 1 aliphatic rings. The highest BCUT2D eigenvalue weighted by Crippen LogP contribution is 2.19. The summed E-state index contributed by atoms with van der Waals surface area (Å²) in [5.41, 5.74) is 0. The van der Waals surface area contributed by atoms with Crippen molar-refractivity contribution in [2.24, 2.45) is 5.92 Å². The van der Waals surface area contributed by atoms with Gasteiger partial charge in [-0.25, -0.2) is 0 Å². The first-order chi connectivity index (χ1) is 6.74. The number of hydrogen-bond donors (Lipinski definition) is 1. The van der Waals surface area contributed by atoms with E-state index in [1.165, 1.54) is 45.2 Å². The SMILES string of the molecule is CCCCCCN1CCC(C(C)O)C1. The second-order valence-electron chi connectivity index (χ2n) is 4.65. The zero-order valence-corrected chi connectivity index (χ0v) is 9.71. The molecular weight excluding hydrogens is 174 g/mol. The molecule has 1 aliphatic heterocycles. The van der Waals surface area contributed by atoms with Gasteiger partial charge in [0, 0.05) is 6.54 Å². The van der Waals surface area contributed by atoms with Gasteiger partial charge in [-0.2, -0.15) is 0 Å². The lowest BCUT2D eigenvalue weighted by molar-refractivity contribution is 0.127. The van der Waals surface area contributed by atoms with Crippen LogP contribution in [0.5, 0.6) is 0 Å². The van der Waals surface area contributed by atoms with Gasteiger partial charge in [-0.15, -0.1) is 0 Å². The Hall–Kier alpha value is -0.0800. The zero-order chi connectivity index (χ0) is 10.4. The average molecular weight is 199 g/mol. The summed E-state index contributed by atoms with van der Waals surface area (Å²) in [4.78, 5) is 2.51. The van der Waals surface area contributed by atoms with Crippen molar-refractivity contribution in [3.8, 4) is 0 Å². The van der Waals surface area contributed by atoms with Gasteiger partial charge < -0.3 is 10.0 Å². The highest BCUT2D eigenvalue weighted by atomic mass is 16.3. The first kappa shape index (κ1) is 12.0. The molecule has 0 spiro atoms. The van der Waals surface area contributed by atoms with E-state index in [0.717, 1.165) is 6.54 Å². The molecule has 0 saturated carbocycles. The molecule has 2 nitrogen and oxygen atoms in total. The summed E-state index contributed by atoms with van der Waals surface area (Å²) in [5, 5.41) is 9.45. The molecule has 0 aromatic rings. The van der Waals surface area contributed by atoms with Gasteiger partial charge in [-0.05, 0) is 38.8 Å². The van der Waals surface area contributed by atoms with Gasteiger partial charge in [0.05, 0.1) is 6.10 Å². The minimum absolute atomic E-state index is 0.115. The molecule has 1 rings (SSSR count). The van der Waals surface area contributed by atoms with E-state index in [0.29, 0.717) is 5.92 Å². The molecule has 84 valence electrons. The van der Waals surface area contributed by atoms with Crippen LogP contribution >= 0.6 is 0 Å². The van der Waals surface area contributed by atoms with Crippen LogP contribution in [0.2, 0.25) is 0 Å². The van der Waals surface area contributed by atoms with Gasteiger partial charge >= 0.3 is 0 Å². The largest absolute Gasteiger partial charge is 0.393 e. The van der Waals surface area contributed by atoms with Crippen molar-refractivity contribution < 1.29 is 5.11 Å². The maximum absolute atomic E-state index is 9.45. The van der Waals surface area contributed by atoms with E-state index in [9.17, 15) is 5.11 Å². The molecule has 0 bridgehead atoms. The molecule has 1 fully saturated rings. The summed E-state index contributed by atoms with van der Waals surface area (Å²) in [5.74, 6) is 0.529. The van der Waals surface area contributed by atoms with Crippen molar-refractivity contribution in [2.75, 3.05) is 19.6 Å². The van der Waals surface area contributed by atoms with E-state index in [4.69, 9.17) is 0 Å². The highest BCUT2D eigenvalue weighted by molar-refractivity contribution is 4.78. The van der Waals surface area contributed by atoms with Gasteiger partial charge in [0.15, 0.2) is 0 Å². The topological polar surface area (TPSA) is 23.5 Å². The first-order valence-corrected chi connectivity index (χ1v) is 6.14. The molecule has 2 unspecified atom stereocenters. The molecular formula is C12H25NO. The maximum atomic E-state index is 9.45. The summed E-state index contributed by atoms with van der Waals surface area (Å²) in [7, 11) is 0. The fourth-order valence-corrected chi connectivity index (χ4v) is 2.22. The number of aliphatic hydroxyl groups excluding tert-OH is 1. The fraction of sp³-hybridized carbons (Fsp3) is 1.00. The third kappa shape index (κ3) is 3.97. The number of aliphatic hydroxyl groups is 1. The van der Waals surface area contributed by atoms with Crippen LogP contribution in [0.3, 0.4) is 0 Å². The molecule has 0 radical (unpaired) electrons. The summed E-state index contributed by atoms with van der Waals surface area (Å²) in [6, 6.07) is 0. The number of likely N-dealkylation sites (tertiary alicyclic amines) is 1. The Labute approximate surface area is 88.3 Å². The van der Waals surface area contributed by atoms with Crippen LogP contribution in [0.15, 0.2) is 0 Å². The lowest BCUT2D eigenvalue weighted by Crippen LogP contribution is -2.25. The van der Waals surface area contributed by atoms with Gasteiger partial charge in [-0.3, -0.25) is 0 Å². The molecule has 0 aromatic carbocycles. The van der Waals surface area contributed by atoms with E-state index >= 15 is 0 Å². The minimum Gasteiger partial charge on any atom is -0.393 e. The minimum atomic E-state index is -0.115. The number of nitrogens with zero attached hydrogens (tertiary/aromatic N) is 1. The van der Waals surface area contributed by atoms with Crippen LogP contribution in [-0.4, -0.2) is 35.7 Å². The van der Waals surface area contributed by atoms with Crippen LogP contribution in [0, 0.1) is 5.92 Å². The summed E-state index contributed by atoms with van der Waals surface area (Å²) in [6.45, 7) is 7.72. The maximum Gasteiger partial charge on any atom is 0.0552 e. The van der Waals surface area contributed by atoms with Crippen LogP contribution < -0.4 is 0 Å². The van der Waals surface area contributed by atoms with Crippen molar-refractivity contribution in [1.29, 1.82) is 0 Å². The summed E-state index contributed by atoms with van der Waals surface area (Å²) < 4.78 is 0. The first-order valence-electron chi connectivity index (χ1n) is 6.14. The Kier molecular flexibility index (Phi) is 5.49. The summed E-state index contributed by atoms with van der Waals surface area (Å²) >= 11 is 0. The molecule has 0 amide bonds. The Balaban J connectivity index is 2.04.